The molecule has 5 nitrogen and oxygen atoms in total. The van der Waals surface area contributed by atoms with Crippen LogP contribution in [0.4, 0.5) is 4.39 Å². The topological polar surface area (TPSA) is 77.8 Å². The predicted molar refractivity (Wildman–Crippen MR) is 63.9 cm³/mol. The SMILES string of the molecule is CCC(N)(CC)c1noc(-c2ccc(F)cn2)n1. The molecule has 2 aromatic rings. The Morgan fingerprint density at radius 2 is 2.06 bits per heavy atom. The summed E-state index contributed by atoms with van der Waals surface area (Å²) in [5.74, 6) is 0.295. The number of nitrogens with zero attached hydrogens (tertiary/aromatic N) is 3. The van der Waals surface area contributed by atoms with Crippen LogP contribution in [0, 0.1) is 5.82 Å². The van der Waals surface area contributed by atoms with Crippen molar-refractivity contribution in [2.45, 2.75) is 32.2 Å². The normalized spacial score (nSPS) is 11.8. The number of rotatable bonds is 4. The molecule has 2 rings (SSSR count). The van der Waals surface area contributed by atoms with Gasteiger partial charge in [0.2, 0.25) is 0 Å². The fourth-order valence-corrected chi connectivity index (χ4v) is 1.60. The number of hydrogen-bond acceptors (Lipinski definition) is 5. The van der Waals surface area contributed by atoms with Gasteiger partial charge in [0.05, 0.1) is 11.7 Å². The van der Waals surface area contributed by atoms with Gasteiger partial charge in [-0.05, 0) is 25.0 Å². The Morgan fingerprint density at radius 1 is 1.33 bits per heavy atom. The van der Waals surface area contributed by atoms with Gasteiger partial charge >= 0.3 is 0 Å². The van der Waals surface area contributed by atoms with Gasteiger partial charge in [0.25, 0.3) is 5.89 Å². The number of nitrogens with two attached hydrogens (primary N) is 1. The van der Waals surface area contributed by atoms with Crippen LogP contribution in [-0.4, -0.2) is 15.1 Å². The molecule has 0 saturated heterocycles. The van der Waals surface area contributed by atoms with Crippen LogP contribution in [0.3, 0.4) is 0 Å². The molecule has 0 aliphatic heterocycles. The first kappa shape index (κ1) is 12.6. The maximum Gasteiger partial charge on any atom is 0.276 e. The minimum atomic E-state index is -0.595. The van der Waals surface area contributed by atoms with Crippen LogP contribution in [0.5, 0.6) is 0 Å². The molecule has 0 bridgehead atoms. The van der Waals surface area contributed by atoms with Crippen molar-refractivity contribution >= 4 is 0 Å². The molecule has 0 fully saturated rings. The summed E-state index contributed by atoms with van der Waals surface area (Å²) < 4.78 is 17.9. The maximum absolute atomic E-state index is 12.8. The van der Waals surface area contributed by atoms with Crippen LogP contribution in [0.15, 0.2) is 22.9 Å². The minimum Gasteiger partial charge on any atom is -0.332 e. The average molecular weight is 250 g/mol. The largest absolute Gasteiger partial charge is 0.332 e. The second kappa shape index (κ2) is 4.81. The molecule has 18 heavy (non-hydrogen) atoms. The fourth-order valence-electron chi connectivity index (χ4n) is 1.60. The number of pyridine rings is 1. The zero-order chi connectivity index (χ0) is 13.2. The van der Waals surface area contributed by atoms with Gasteiger partial charge in [-0.25, -0.2) is 9.37 Å². The Balaban J connectivity index is 2.33. The van der Waals surface area contributed by atoms with Crippen LogP contribution >= 0.6 is 0 Å². The second-order valence-electron chi connectivity index (χ2n) is 4.15. The summed E-state index contributed by atoms with van der Waals surface area (Å²) in [6.45, 7) is 3.94. The summed E-state index contributed by atoms with van der Waals surface area (Å²) in [5, 5.41) is 3.88. The van der Waals surface area contributed by atoms with Crippen molar-refractivity contribution in [3.05, 3.63) is 30.0 Å². The monoisotopic (exact) mass is 250 g/mol. The lowest BCUT2D eigenvalue weighted by Gasteiger charge is -2.21. The van der Waals surface area contributed by atoms with E-state index in [1.807, 2.05) is 13.8 Å². The molecular weight excluding hydrogens is 235 g/mol. The van der Waals surface area contributed by atoms with E-state index >= 15 is 0 Å². The molecule has 0 saturated carbocycles. The van der Waals surface area contributed by atoms with E-state index in [1.165, 1.54) is 12.1 Å². The van der Waals surface area contributed by atoms with E-state index in [9.17, 15) is 4.39 Å². The molecule has 0 atom stereocenters. The van der Waals surface area contributed by atoms with E-state index in [-0.39, 0.29) is 5.89 Å². The summed E-state index contributed by atoms with van der Waals surface area (Å²) in [7, 11) is 0. The molecule has 2 N–H and O–H groups in total. The van der Waals surface area contributed by atoms with Crippen molar-refractivity contribution in [1.82, 2.24) is 15.1 Å². The zero-order valence-corrected chi connectivity index (χ0v) is 10.4. The van der Waals surface area contributed by atoms with Crippen molar-refractivity contribution < 1.29 is 8.91 Å². The zero-order valence-electron chi connectivity index (χ0n) is 10.4. The van der Waals surface area contributed by atoms with Gasteiger partial charge in [-0.15, -0.1) is 0 Å². The molecule has 0 aliphatic rings. The van der Waals surface area contributed by atoms with Gasteiger partial charge in [0.15, 0.2) is 5.82 Å². The summed E-state index contributed by atoms with van der Waals surface area (Å²) >= 11 is 0. The maximum atomic E-state index is 12.8. The Bertz CT molecular complexity index is 519. The van der Waals surface area contributed by atoms with Gasteiger partial charge in [0, 0.05) is 0 Å². The van der Waals surface area contributed by atoms with Crippen LogP contribution < -0.4 is 5.73 Å². The summed E-state index contributed by atoms with van der Waals surface area (Å²) in [4.78, 5) is 8.12. The summed E-state index contributed by atoms with van der Waals surface area (Å²) in [6, 6.07) is 2.78. The van der Waals surface area contributed by atoms with Crippen LogP contribution in [-0.2, 0) is 5.54 Å². The van der Waals surface area contributed by atoms with E-state index in [0.717, 1.165) is 6.20 Å². The predicted octanol–water partition coefficient (Wildman–Crippen LogP) is 2.24. The van der Waals surface area contributed by atoms with E-state index in [2.05, 4.69) is 15.1 Å². The van der Waals surface area contributed by atoms with Crippen LogP contribution in [0.1, 0.15) is 32.5 Å². The third kappa shape index (κ3) is 2.24. The Labute approximate surface area is 104 Å². The lowest BCUT2D eigenvalue weighted by Crippen LogP contribution is -2.36. The van der Waals surface area contributed by atoms with Crippen molar-refractivity contribution in [2.75, 3.05) is 0 Å². The van der Waals surface area contributed by atoms with E-state index in [1.54, 1.807) is 0 Å². The fraction of sp³-hybridized carbons (Fsp3) is 0.417. The van der Waals surface area contributed by atoms with Crippen molar-refractivity contribution in [2.24, 2.45) is 5.73 Å². The Hall–Kier alpha value is -1.82. The lowest BCUT2D eigenvalue weighted by atomic mass is 9.93. The molecule has 0 radical (unpaired) electrons. The third-order valence-electron chi connectivity index (χ3n) is 3.08. The van der Waals surface area contributed by atoms with Crippen LogP contribution in [0.25, 0.3) is 11.6 Å². The quantitative estimate of drug-likeness (QED) is 0.900. The molecule has 2 aromatic heterocycles. The molecule has 0 unspecified atom stereocenters. The number of hydrogen-bond donors (Lipinski definition) is 1. The summed E-state index contributed by atoms with van der Waals surface area (Å²) in [5.41, 5.74) is 6.01. The van der Waals surface area contributed by atoms with Crippen molar-refractivity contribution in [1.29, 1.82) is 0 Å². The van der Waals surface area contributed by atoms with Crippen molar-refractivity contribution in [3.63, 3.8) is 0 Å². The molecule has 0 amide bonds. The Kier molecular flexibility index (Phi) is 3.38. The number of aromatic nitrogens is 3. The first-order valence-corrected chi connectivity index (χ1v) is 5.84. The van der Waals surface area contributed by atoms with E-state index in [4.69, 9.17) is 10.3 Å². The lowest BCUT2D eigenvalue weighted by molar-refractivity contribution is 0.350. The third-order valence-corrected chi connectivity index (χ3v) is 3.08. The van der Waals surface area contributed by atoms with Gasteiger partial charge in [-0.2, -0.15) is 4.98 Å². The minimum absolute atomic E-state index is 0.252. The van der Waals surface area contributed by atoms with Gasteiger partial charge in [0.1, 0.15) is 11.5 Å². The molecule has 0 aliphatic carbocycles. The highest BCUT2D eigenvalue weighted by atomic mass is 19.1. The highest BCUT2D eigenvalue weighted by Gasteiger charge is 2.29. The van der Waals surface area contributed by atoms with E-state index in [0.29, 0.717) is 24.4 Å². The first-order chi connectivity index (χ1) is 8.59. The molecule has 6 heteroatoms. The van der Waals surface area contributed by atoms with E-state index < -0.39 is 11.4 Å². The molecule has 0 aromatic carbocycles. The molecule has 0 spiro atoms. The highest BCUT2D eigenvalue weighted by Crippen LogP contribution is 2.25. The number of halogens is 1. The van der Waals surface area contributed by atoms with Gasteiger partial charge < -0.3 is 10.3 Å². The molecule has 96 valence electrons. The Morgan fingerprint density at radius 3 is 2.61 bits per heavy atom. The second-order valence-corrected chi connectivity index (χ2v) is 4.15. The molecular formula is C12H15FN4O. The van der Waals surface area contributed by atoms with Crippen LogP contribution in [0.2, 0.25) is 0 Å². The highest BCUT2D eigenvalue weighted by molar-refractivity contribution is 5.45. The van der Waals surface area contributed by atoms with Gasteiger partial charge in [-0.3, -0.25) is 0 Å². The molecule has 2 heterocycles. The average Bonchev–Trinajstić information content (AvgIpc) is 2.89. The van der Waals surface area contributed by atoms with Gasteiger partial charge in [-0.1, -0.05) is 19.0 Å². The summed E-state index contributed by atoms with van der Waals surface area (Å²) in [6.07, 6.45) is 2.52. The van der Waals surface area contributed by atoms with Crippen molar-refractivity contribution in [3.8, 4) is 11.6 Å². The standard InChI is InChI=1S/C12H15FN4O/c1-3-12(14,4-2)11-16-10(18-17-11)9-6-5-8(13)7-15-9/h5-7H,3-4,14H2,1-2H3. The smallest absolute Gasteiger partial charge is 0.276 e. The first-order valence-electron chi connectivity index (χ1n) is 5.84.